The van der Waals surface area contributed by atoms with Gasteiger partial charge in [-0.1, -0.05) is 24.3 Å². The van der Waals surface area contributed by atoms with E-state index in [0.717, 1.165) is 32.4 Å². The normalized spacial score (nSPS) is 17.8. The first-order valence-corrected chi connectivity index (χ1v) is 12.3. The van der Waals surface area contributed by atoms with Gasteiger partial charge in [-0.2, -0.15) is 0 Å². The molecule has 7 nitrogen and oxygen atoms in total. The Morgan fingerprint density at radius 1 is 1.09 bits per heavy atom. The topological polar surface area (TPSA) is 70.2 Å². The summed E-state index contributed by atoms with van der Waals surface area (Å²) in [4.78, 5) is 43.4. The van der Waals surface area contributed by atoms with E-state index in [9.17, 15) is 14.4 Å². The second kappa shape index (κ2) is 10.4. The van der Waals surface area contributed by atoms with Gasteiger partial charge in [0.1, 0.15) is 12.3 Å². The van der Waals surface area contributed by atoms with Crippen LogP contribution in [0.3, 0.4) is 0 Å². The van der Waals surface area contributed by atoms with Crippen LogP contribution in [0.5, 0.6) is 5.75 Å². The van der Waals surface area contributed by atoms with E-state index in [4.69, 9.17) is 4.74 Å². The summed E-state index contributed by atoms with van der Waals surface area (Å²) in [6.45, 7) is 4.75. The maximum atomic E-state index is 12.8. The van der Waals surface area contributed by atoms with Gasteiger partial charge in [0.05, 0.1) is 16.0 Å². The highest BCUT2D eigenvalue weighted by Gasteiger charge is 2.37. The highest BCUT2D eigenvalue weighted by molar-refractivity contribution is 9.10. The second-order valence-corrected chi connectivity index (χ2v) is 9.44. The number of amides is 3. The summed E-state index contributed by atoms with van der Waals surface area (Å²) in [6.07, 6.45) is 1.66. The van der Waals surface area contributed by atoms with Crippen molar-refractivity contribution in [2.24, 2.45) is 0 Å². The van der Waals surface area contributed by atoms with E-state index in [-0.39, 0.29) is 12.5 Å². The van der Waals surface area contributed by atoms with Gasteiger partial charge >= 0.3 is 0 Å². The summed E-state index contributed by atoms with van der Waals surface area (Å²) in [5.41, 5.74) is 1.89. The van der Waals surface area contributed by atoms with E-state index in [1.807, 2.05) is 55.5 Å². The molecule has 0 aliphatic carbocycles. The first-order valence-electron chi connectivity index (χ1n) is 10.7. The number of piperazine rings is 1. The number of halogens is 1. The molecule has 2 aromatic rings. The van der Waals surface area contributed by atoms with Gasteiger partial charge in [0.25, 0.3) is 11.1 Å². The van der Waals surface area contributed by atoms with Crippen LogP contribution in [-0.2, 0) is 9.59 Å². The van der Waals surface area contributed by atoms with Crippen LogP contribution in [0.2, 0.25) is 0 Å². The fourth-order valence-electron chi connectivity index (χ4n) is 3.76. The number of benzene rings is 2. The van der Waals surface area contributed by atoms with Gasteiger partial charge in [-0.25, -0.2) is 0 Å². The monoisotopic (exact) mass is 529 g/mol. The van der Waals surface area contributed by atoms with Crippen LogP contribution in [0, 0.1) is 0 Å². The Hall–Kier alpha value is -2.78. The van der Waals surface area contributed by atoms with Gasteiger partial charge < -0.3 is 14.5 Å². The van der Waals surface area contributed by atoms with Crippen molar-refractivity contribution in [1.82, 2.24) is 9.80 Å². The quantitative estimate of drug-likeness (QED) is 0.521. The number of imide groups is 1. The number of thioether (sulfide) groups is 1. The lowest BCUT2D eigenvalue weighted by molar-refractivity contribution is -0.136. The molecule has 0 atom stereocenters. The lowest BCUT2D eigenvalue weighted by atomic mass is 10.2. The summed E-state index contributed by atoms with van der Waals surface area (Å²) >= 11 is 4.31. The van der Waals surface area contributed by atoms with Crippen LogP contribution in [0.1, 0.15) is 12.5 Å². The third-order valence-electron chi connectivity index (χ3n) is 5.47. The summed E-state index contributed by atoms with van der Waals surface area (Å²) in [5.74, 6) is 0.0575. The summed E-state index contributed by atoms with van der Waals surface area (Å²) in [7, 11) is 0. The van der Waals surface area contributed by atoms with E-state index in [1.165, 1.54) is 0 Å². The SMILES string of the molecule is CCOc1ccc(/C=C2\SC(=O)N(CC(=O)N3CCN(c4ccccc4)CC3)C2=O)cc1Br. The molecule has 2 fully saturated rings. The molecule has 2 aromatic carbocycles. The Balaban J connectivity index is 1.37. The Labute approximate surface area is 205 Å². The van der Waals surface area contributed by atoms with E-state index in [2.05, 4.69) is 20.8 Å². The predicted molar refractivity (Wildman–Crippen MR) is 133 cm³/mol. The molecule has 0 spiro atoms. The summed E-state index contributed by atoms with van der Waals surface area (Å²) in [6, 6.07) is 15.5. The molecule has 33 heavy (non-hydrogen) atoms. The molecule has 2 aliphatic rings. The molecule has 172 valence electrons. The molecule has 0 N–H and O–H groups in total. The molecular weight excluding hydrogens is 506 g/mol. The lowest BCUT2D eigenvalue weighted by Crippen LogP contribution is -2.51. The van der Waals surface area contributed by atoms with Gasteiger partial charge in [0, 0.05) is 31.9 Å². The number of anilines is 1. The first-order chi connectivity index (χ1) is 16.0. The molecule has 0 aromatic heterocycles. The fraction of sp³-hybridized carbons (Fsp3) is 0.292. The van der Waals surface area contributed by atoms with Crippen LogP contribution in [-0.4, -0.2) is 66.2 Å². The average molecular weight is 530 g/mol. The third-order valence-corrected chi connectivity index (χ3v) is 7.00. The molecule has 3 amide bonds. The molecule has 0 radical (unpaired) electrons. The van der Waals surface area contributed by atoms with Crippen molar-refractivity contribution in [1.29, 1.82) is 0 Å². The van der Waals surface area contributed by atoms with Crippen LogP contribution in [0.4, 0.5) is 10.5 Å². The molecule has 2 aliphatic heterocycles. The van der Waals surface area contributed by atoms with Crippen molar-refractivity contribution in [3.8, 4) is 5.75 Å². The molecular formula is C24H24BrN3O4S. The average Bonchev–Trinajstić information content (AvgIpc) is 3.09. The number of nitrogens with zero attached hydrogens (tertiary/aromatic N) is 3. The molecule has 0 unspecified atom stereocenters. The van der Waals surface area contributed by atoms with Crippen molar-refractivity contribution in [3.63, 3.8) is 0 Å². The predicted octanol–water partition coefficient (Wildman–Crippen LogP) is 4.23. The Morgan fingerprint density at radius 3 is 2.48 bits per heavy atom. The van der Waals surface area contributed by atoms with E-state index < -0.39 is 11.1 Å². The van der Waals surface area contributed by atoms with Crippen molar-refractivity contribution in [2.45, 2.75) is 6.92 Å². The van der Waals surface area contributed by atoms with Crippen LogP contribution < -0.4 is 9.64 Å². The molecule has 0 saturated carbocycles. The standard InChI is InChI=1S/C24H24BrN3O4S/c1-2-32-20-9-8-17(14-19(20)25)15-21-23(30)28(24(31)33-21)16-22(29)27-12-10-26(11-13-27)18-6-4-3-5-7-18/h3-9,14-15H,2,10-13,16H2,1H3/b21-15-. The summed E-state index contributed by atoms with van der Waals surface area (Å²) < 4.78 is 6.27. The molecule has 4 rings (SSSR count). The number of para-hydroxylation sites is 1. The molecule has 2 saturated heterocycles. The van der Waals surface area contributed by atoms with Gasteiger partial charge in [-0.3, -0.25) is 19.3 Å². The fourth-order valence-corrected chi connectivity index (χ4v) is 5.10. The third kappa shape index (κ3) is 5.42. The van der Waals surface area contributed by atoms with Crippen molar-refractivity contribution in [2.75, 3.05) is 44.2 Å². The lowest BCUT2D eigenvalue weighted by Gasteiger charge is -2.36. The van der Waals surface area contributed by atoms with Crippen LogP contribution in [0.15, 0.2) is 57.9 Å². The van der Waals surface area contributed by atoms with Crippen molar-refractivity contribution >= 4 is 56.5 Å². The van der Waals surface area contributed by atoms with Crippen molar-refractivity contribution in [3.05, 3.63) is 63.5 Å². The smallest absolute Gasteiger partial charge is 0.294 e. The van der Waals surface area contributed by atoms with E-state index >= 15 is 0 Å². The molecule has 2 heterocycles. The second-order valence-electron chi connectivity index (χ2n) is 7.59. The van der Waals surface area contributed by atoms with E-state index in [0.29, 0.717) is 43.4 Å². The minimum atomic E-state index is -0.439. The highest BCUT2D eigenvalue weighted by atomic mass is 79.9. The zero-order valence-electron chi connectivity index (χ0n) is 18.2. The van der Waals surface area contributed by atoms with Gasteiger partial charge in [0.15, 0.2) is 0 Å². The number of rotatable bonds is 6. The minimum Gasteiger partial charge on any atom is -0.493 e. The van der Waals surface area contributed by atoms with Gasteiger partial charge in [0.2, 0.25) is 5.91 Å². The molecule has 9 heteroatoms. The molecule has 0 bridgehead atoms. The van der Waals surface area contributed by atoms with Gasteiger partial charge in [-0.15, -0.1) is 0 Å². The van der Waals surface area contributed by atoms with Crippen molar-refractivity contribution < 1.29 is 19.1 Å². The summed E-state index contributed by atoms with van der Waals surface area (Å²) in [5, 5.41) is -0.424. The number of carbonyl (C=O) groups is 3. The van der Waals surface area contributed by atoms with Crippen LogP contribution >= 0.6 is 27.7 Å². The number of hydrogen-bond acceptors (Lipinski definition) is 6. The zero-order valence-corrected chi connectivity index (χ0v) is 20.6. The zero-order chi connectivity index (χ0) is 23.4. The highest BCUT2D eigenvalue weighted by Crippen LogP contribution is 2.34. The number of hydrogen-bond donors (Lipinski definition) is 0. The minimum absolute atomic E-state index is 0.213. The van der Waals surface area contributed by atoms with Crippen LogP contribution in [0.25, 0.3) is 6.08 Å². The Morgan fingerprint density at radius 2 is 1.82 bits per heavy atom. The number of ether oxygens (including phenoxy) is 1. The maximum absolute atomic E-state index is 12.8. The Kier molecular flexibility index (Phi) is 7.39. The van der Waals surface area contributed by atoms with Gasteiger partial charge in [-0.05, 0) is 70.5 Å². The first kappa shape index (κ1) is 23.4. The maximum Gasteiger partial charge on any atom is 0.294 e. The number of carbonyl (C=O) groups excluding carboxylic acids is 3. The Bertz CT molecular complexity index is 1080. The van der Waals surface area contributed by atoms with E-state index in [1.54, 1.807) is 11.0 Å². The largest absolute Gasteiger partial charge is 0.493 e.